The molecule has 1 unspecified atom stereocenters. The van der Waals surface area contributed by atoms with E-state index in [1.807, 2.05) is 6.07 Å². The van der Waals surface area contributed by atoms with Crippen LogP contribution in [0.25, 0.3) is 0 Å². The van der Waals surface area contributed by atoms with E-state index in [4.69, 9.17) is 0 Å². The Balaban J connectivity index is 0.00000289. The Hall–Kier alpha value is 0.381. The molecule has 0 aliphatic carbocycles. The molecule has 0 N–H and O–H groups in total. The van der Waals surface area contributed by atoms with Gasteiger partial charge in [-0.3, -0.25) is 0 Å². The van der Waals surface area contributed by atoms with E-state index in [-0.39, 0.29) is 57.8 Å². The monoisotopic (exact) mass is 282 g/mol. The fourth-order valence-electron chi connectivity index (χ4n) is 1.79. The first kappa shape index (κ1) is 18.4. The van der Waals surface area contributed by atoms with E-state index in [9.17, 15) is 17.7 Å². The van der Waals surface area contributed by atoms with E-state index in [0.717, 1.165) is 5.56 Å². The third kappa shape index (κ3) is 7.09. The van der Waals surface area contributed by atoms with Crippen molar-refractivity contribution in [2.45, 2.75) is 32.0 Å². The van der Waals surface area contributed by atoms with Gasteiger partial charge in [0.25, 0.3) is 0 Å². The maximum Gasteiger partial charge on any atom is 1.00 e. The average molecular weight is 282 g/mol. The van der Waals surface area contributed by atoms with Gasteiger partial charge in [-0.25, -0.2) is 0 Å². The van der Waals surface area contributed by atoms with Gasteiger partial charge in [0.15, 0.2) is 0 Å². The molecule has 0 aliphatic rings. The maximum absolute atomic E-state index is 12.7. The predicted molar refractivity (Wildman–Crippen MR) is 62.9 cm³/mol. The minimum absolute atomic E-state index is 0. The minimum atomic E-state index is -4.94. The molecule has 1 nitrogen and oxygen atoms in total. The molecule has 0 amide bonds. The van der Waals surface area contributed by atoms with Crippen LogP contribution >= 0.6 is 0 Å². The maximum atomic E-state index is 12.7. The van der Waals surface area contributed by atoms with Gasteiger partial charge in [-0.1, -0.05) is 42.6 Å². The third-order valence-electron chi connectivity index (χ3n) is 2.73. The van der Waals surface area contributed by atoms with Crippen LogP contribution in [0, 0.1) is 0 Å². The summed E-state index contributed by atoms with van der Waals surface area (Å²) in [5.74, 6) is -1.87. The van der Waals surface area contributed by atoms with Crippen LogP contribution in [0.4, 0.5) is 12.9 Å². The second-order valence-electron chi connectivity index (χ2n) is 4.32. The van der Waals surface area contributed by atoms with Crippen molar-refractivity contribution in [1.82, 2.24) is 0 Å². The summed E-state index contributed by atoms with van der Waals surface area (Å²) in [7, 11) is 0. The summed E-state index contributed by atoms with van der Waals surface area (Å²) in [5.41, 5.74) is 0.876. The van der Waals surface area contributed by atoms with Crippen LogP contribution in [0.15, 0.2) is 30.3 Å². The van der Waals surface area contributed by atoms with E-state index in [2.05, 4.69) is 0 Å². The van der Waals surface area contributed by atoms with Crippen LogP contribution in [0.3, 0.4) is 0 Å². The van der Waals surface area contributed by atoms with E-state index < -0.39 is 25.0 Å². The van der Waals surface area contributed by atoms with Gasteiger partial charge < -0.3 is 17.7 Å². The summed E-state index contributed by atoms with van der Waals surface area (Å²) in [5, 5.41) is 0. The molecule has 0 heterocycles. The molecule has 0 aliphatic heterocycles. The Morgan fingerprint density at radius 1 is 1.22 bits per heavy atom. The van der Waals surface area contributed by atoms with Gasteiger partial charge in [0.05, 0.1) is 0 Å². The number of aryl methyl sites for hydroxylation is 1. The SMILES string of the molecule is CC(=O)CC(CCc1ccccc1)[B-](F)(F)F.[K+]. The van der Waals surface area contributed by atoms with E-state index in [1.54, 1.807) is 24.3 Å². The molecule has 18 heavy (non-hydrogen) atoms. The smallest absolute Gasteiger partial charge is 0.449 e. The van der Waals surface area contributed by atoms with Gasteiger partial charge in [-0.2, -0.15) is 0 Å². The normalized spacial score (nSPS) is 12.7. The number of ketones is 1. The van der Waals surface area contributed by atoms with Crippen molar-refractivity contribution < 1.29 is 69.1 Å². The Morgan fingerprint density at radius 2 is 1.78 bits per heavy atom. The van der Waals surface area contributed by atoms with Crippen LogP contribution in [-0.4, -0.2) is 12.8 Å². The molecule has 0 bridgehead atoms. The zero-order valence-corrected chi connectivity index (χ0v) is 13.8. The van der Waals surface area contributed by atoms with Gasteiger partial charge in [-0.05, 0) is 25.3 Å². The van der Waals surface area contributed by atoms with Crippen LogP contribution < -0.4 is 51.4 Å². The molecule has 6 heteroatoms. The zero-order valence-electron chi connectivity index (χ0n) is 10.7. The fraction of sp³-hybridized carbons (Fsp3) is 0.417. The van der Waals surface area contributed by atoms with Crippen molar-refractivity contribution in [2.24, 2.45) is 0 Å². The molecule has 0 spiro atoms. The van der Waals surface area contributed by atoms with Crippen molar-refractivity contribution in [3.05, 3.63) is 35.9 Å². The molecule has 1 rings (SSSR count). The zero-order chi connectivity index (χ0) is 12.9. The molecule has 1 aromatic carbocycles. The number of carbonyl (C=O) groups excluding carboxylic acids is 1. The Labute approximate surface area is 148 Å². The van der Waals surface area contributed by atoms with Crippen LogP contribution in [-0.2, 0) is 11.2 Å². The Morgan fingerprint density at radius 3 is 2.22 bits per heavy atom. The van der Waals surface area contributed by atoms with Crippen molar-refractivity contribution in [1.29, 1.82) is 0 Å². The molecule has 1 atom stereocenters. The molecule has 0 saturated heterocycles. The molecule has 0 fully saturated rings. The standard InChI is InChI=1S/C12H15BF3O.K/c1-10(17)9-12(13(14,15)16)8-7-11-5-3-2-4-6-11;/h2-6,12H,7-9H2,1H3;/q-1;+1. The molecule has 0 radical (unpaired) electrons. The van der Waals surface area contributed by atoms with Crippen molar-refractivity contribution in [3.63, 3.8) is 0 Å². The summed E-state index contributed by atoms with van der Waals surface area (Å²) in [4.78, 5) is 10.8. The van der Waals surface area contributed by atoms with Gasteiger partial charge >= 0.3 is 58.4 Å². The molecule has 1 aromatic rings. The summed E-state index contributed by atoms with van der Waals surface area (Å²) in [6.45, 7) is -3.73. The van der Waals surface area contributed by atoms with E-state index in [1.165, 1.54) is 6.92 Å². The fourth-order valence-corrected chi connectivity index (χ4v) is 1.79. The van der Waals surface area contributed by atoms with Crippen LogP contribution in [0.2, 0.25) is 5.82 Å². The summed E-state index contributed by atoms with van der Waals surface area (Å²) in [6.07, 6.45) is -0.0382. The largest absolute Gasteiger partial charge is 1.00 e. The van der Waals surface area contributed by atoms with Gasteiger partial charge in [0.1, 0.15) is 5.78 Å². The summed E-state index contributed by atoms with van der Waals surface area (Å²) in [6, 6.07) is 9.02. The minimum Gasteiger partial charge on any atom is -0.449 e. The quantitative estimate of drug-likeness (QED) is 0.706. The third-order valence-corrected chi connectivity index (χ3v) is 2.73. The number of benzene rings is 1. The van der Waals surface area contributed by atoms with E-state index >= 15 is 0 Å². The molecule has 0 aromatic heterocycles. The first-order valence-electron chi connectivity index (χ1n) is 5.63. The number of Topliss-reactive ketones (excluding diaryl/α,β-unsaturated/α-hetero) is 1. The Bertz CT molecular complexity index is 367. The second-order valence-corrected chi connectivity index (χ2v) is 4.32. The first-order chi connectivity index (χ1) is 7.89. The van der Waals surface area contributed by atoms with Crippen molar-refractivity contribution in [2.75, 3.05) is 0 Å². The second kappa shape index (κ2) is 8.53. The van der Waals surface area contributed by atoms with Gasteiger partial charge in [0.2, 0.25) is 0 Å². The summed E-state index contributed by atoms with van der Waals surface area (Å²) >= 11 is 0. The number of carbonyl (C=O) groups is 1. The van der Waals surface area contributed by atoms with Crippen LogP contribution in [0.1, 0.15) is 25.3 Å². The van der Waals surface area contributed by atoms with E-state index in [0.29, 0.717) is 6.42 Å². The molecular formula is C12H15BF3KO. The molecule has 94 valence electrons. The first-order valence-corrected chi connectivity index (χ1v) is 5.63. The number of hydrogen-bond acceptors (Lipinski definition) is 1. The average Bonchev–Trinajstić information content (AvgIpc) is 2.23. The van der Waals surface area contributed by atoms with Crippen molar-refractivity contribution in [3.8, 4) is 0 Å². The van der Waals surface area contributed by atoms with Crippen molar-refractivity contribution >= 4 is 12.8 Å². The van der Waals surface area contributed by atoms with Crippen LogP contribution in [0.5, 0.6) is 0 Å². The number of halogens is 3. The molecular weight excluding hydrogens is 267 g/mol. The summed E-state index contributed by atoms with van der Waals surface area (Å²) < 4.78 is 38.1. The number of rotatable bonds is 6. The van der Waals surface area contributed by atoms with Gasteiger partial charge in [0, 0.05) is 0 Å². The molecule has 0 saturated carbocycles. The topological polar surface area (TPSA) is 17.1 Å². The number of hydrogen-bond donors (Lipinski definition) is 0. The predicted octanol–water partition coefficient (Wildman–Crippen LogP) is 0.820. The Kier molecular flexibility index (Phi) is 8.71. The van der Waals surface area contributed by atoms with Gasteiger partial charge in [-0.15, -0.1) is 0 Å².